The van der Waals surface area contributed by atoms with E-state index in [2.05, 4.69) is 25.9 Å². The third-order valence-corrected chi connectivity index (χ3v) is 3.63. The average Bonchev–Trinajstić information content (AvgIpc) is 2.74. The second kappa shape index (κ2) is 6.10. The molecule has 0 bridgehead atoms. The van der Waals surface area contributed by atoms with Gasteiger partial charge in [-0.05, 0) is 59.5 Å². The molecule has 0 spiro atoms. The van der Waals surface area contributed by atoms with Crippen LogP contribution in [0.25, 0.3) is 0 Å². The summed E-state index contributed by atoms with van der Waals surface area (Å²) in [6, 6.07) is 5.84. The molecule has 1 N–H and O–H groups in total. The van der Waals surface area contributed by atoms with Gasteiger partial charge in [0.2, 0.25) is 0 Å². The van der Waals surface area contributed by atoms with Gasteiger partial charge in [-0.15, -0.1) is 0 Å². The minimum absolute atomic E-state index is 0.843. The molecule has 0 unspecified atom stereocenters. The minimum atomic E-state index is 0.843. The maximum absolute atomic E-state index is 5.38. The van der Waals surface area contributed by atoms with E-state index < -0.39 is 0 Å². The fourth-order valence-electron chi connectivity index (χ4n) is 2.02. The molecular weight excluding hydrogens is 308 g/mol. The summed E-state index contributed by atoms with van der Waals surface area (Å²) in [4.78, 5) is 7.56. The van der Waals surface area contributed by atoms with E-state index >= 15 is 0 Å². The van der Waals surface area contributed by atoms with Crippen molar-refractivity contribution in [2.24, 2.45) is 0 Å². The highest BCUT2D eigenvalue weighted by Gasteiger charge is 2.09. The number of hydrogen-bond acceptors (Lipinski definition) is 3. The Morgan fingerprint density at radius 3 is 2.58 bits per heavy atom. The molecule has 19 heavy (non-hydrogen) atoms. The van der Waals surface area contributed by atoms with Crippen LogP contribution in [0.15, 0.2) is 22.8 Å². The third-order valence-electron chi connectivity index (χ3n) is 2.98. The molecular formula is C14H17BrN2O2. The van der Waals surface area contributed by atoms with E-state index in [1.54, 1.807) is 14.2 Å². The molecule has 0 atom stereocenters. The van der Waals surface area contributed by atoms with Gasteiger partial charge in [0.05, 0.1) is 14.2 Å². The summed E-state index contributed by atoms with van der Waals surface area (Å²) < 4.78 is 11.5. The van der Waals surface area contributed by atoms with Crippen molar-refractivity contribution < 1.29 is 9.47 Å². The smallest absolute Gasteiger partial charge is 0.127 e. The lowest BCUT2D eigenvalue weighted by atomic mass is 10.1. The fraction of sp³-hybridized carbons (Fsp3) is 0.357. The number of halogens is 1. The van der Waals surface area contributed by atoms with Crippen LogP contribution in [0.1, 0.15) is 17.1 Å². The zero-order chi connectivity index (χ0) is 13.8. The van der Waals surface area contributed by atoms with Gasteiger partial charge in [0.15, 0.2) is 0 Å². The maximum atomic E-state index is 5.38. The van der Waals surface area contributed by atoms with E-state index in [-0.39, 0.29) is 0 Å². The number of imidazole rings is 1. The maximum Gasteiger partial charge on any atom is 0.127 e. The van der Waals surface area contributed by atoms with E-state index in [0.717, 1.165) is 46.0 Å². The van der Waals surface area contributed by atoms with Crippen molar-refractivity contribution in [1.82, 2.24) is 9.97 Å². The molecule has 0 aliphatic rings. The first-order valence-electron chi connectivity index (χ1n) is 6.06. The van der Waals surface area contributed by atoms with Gasteiger partial charge in [-0.1, -0.05) is 0 Å². The number of rotatable bonds is 5. The van der Waals surface area contributed by atoms with Gasteiger partial charge < -0.3 is 14.5 Å². The van der Waals surface area contributed by atoms with Gasteiger partial charge in [-0.3, -0.25) is 0 Å². The second-order valence-electron chi connectivity index (χ2n) is 4.27. The van der Waals surface area contributed by atoms with Crippen molar-refractivity contribution in [3.05, 3.63) is 39.9 Å². The lowest BCUT2D eigenvalue weighted by Crippen LogP contribution is -1.97. The van der Waals surface area contributed by atoms with Crippen molar-refractivity contribution in [1.29, 1.82) is 0 Å². The fourth-order valence-corrected chi connectivity index (χ4v) is 2.58. The Hall–Kier alpha value is -1.49. The van der Waals surface area contributed by atoms with Crippen molar-refractivity contribution in [2.45, 2.75) is 19.8 Å². The monoisotopic (exact) mass is 324 g/mol. The molecule has 2 rings (SSSR count). The Balaban J connectivity index is 2.16. The van der Waals surface area contributed by atoms with Crippen molar-refractivity contribution in [2.75, 3.05) is 14.2 Å². The average molecular weight is 325 g/mol. The molecule has 102 valence electrons. The van der Waals surface area contributed by atoms with Crippen molar-refractivity contribution >= 4 is 15.9 Å². The van der Waals surface area contributed by atoms with Crippen LogP contribution < -0.4 is 9.47 Å². The number of benzene rings is 1. The predicted octanol–water partition coefficient (Wildman–Crippen LogP) is 3.28. The Bertz CT molecular complexity index is 567. The van der Waals surface area contributed by atoms with Gasteiger partial charge in [0.1, 0.15) is 21.9 Å². The molecule has 2 aromatic rings. The SMILES string of the molecule is COc1ccc(OC)c(CCc2[nH]c(C)nc2Br)c1. The van der Waals surface area contributed by atoms with Gasteiger partial charge in [-0.25, -0.2) is 4.98 Å². The van der Waals surface area contributed by atoms with Crippen LogP contribution in [0.5, 0.6) is 11.5 Å². The number of H-pyrrole nitrogens is 1. The van der Waals surface area contributed by atoms with Crippen LogP contribution in [0.2, 0.25) is 0 Å². The zero-order valence-electron chi connectivity index (χ0n) is 11.3. The third kappa shape index (κ3) is 3.29. The predicted molar refractivity (Wildman–Crippen MR) is 78.0 cm³/mol. The first-order chi connectivity index (χ1) is 9.13. The second-order valence-corrected chi connectivity index (χ2v) is 5.02. The number of hydrogen-bond donors (Lipinski definition) is 1. The van der Waals surface area contributed by atoms with Crippen LogP contribution in [0.3, 0.4) is 0 Å². The van der Waals surface area contributed by atoms with Crippen molar-refractivity contribution in [3.63, 3.8) is 0 Å². The molecule has 5 heteroatoms. The highest BCUT2D eigenvalue weighted by Crippen LogP contribution is 2.26. The molecule has 0 saturated heterocycles. The Labute approximate surface area is 121 Å². The van der Waals surface area contributed by atoms with Crippen LogP contribution >= 0.6 is 15.9 Å². The number of ether oxygens (including phenoxy) is 2. The summed E-state index contributed by atoms with van der Waals surface area (Å²) in [5, 5.41) is 0. The molecule has 0 amide bonds. The first-order valence-corrected chi connectivity index (χ1v) is 6.85. The van der Waals surface area contributed by atoms with Crippen LogP contribution in [0.4, 0.5) is 0 Å². The highest BCUT2D eigenvalue weighted by atomic mass is 79.9. The number of methoxy groups -OCH3 is 2. The molecule has 0 aliphatic carbocycles. The summed E-state index contributed by atoms with van der Waals surface area (Å²) in [7, 11) is 3.35. The Morgan fingerprint density at radius 2 is 2.00 bits per heavy atom. The normalized spacial score (nSPS) is 10.5. The minimum Gasteiger partial charge on any atom is -0.497 e. The van der Waals surface area contributed by atoms with Gasteiger partial charge in [0, 0.05) is 5.69 Å². The molecule has 1 heterocycles. The van der Waals surface area contributed by atoms with E-state index in [1.165, 1.54) is 0 Å². The van der Waals surface area contributed by atoms with Crippen LogP contribution in [-0.2, 0) is 12.8 Å². The van der Waals surface area contributed by atoms with E-state index in [9.17, 15) is 0 Å². The molecule has 0 fully saturated rings. The zero-order valence-corrected chi connectivity index (χ0v) is 12.9. The summed E-state index contributed by atoms with van der Waals surface area (Å²) in [6.45, 7) is 1.94. The number of aromatic amines is 1. The van der Waals surface area contributed by atoms with Crippen LogP contribution in [0, 0.1) is 6.92 Å². The number of nitrogens with one attached hydrogen (secondary N) is 1. The van der Waals surface area contributed by atoms with Gasteiger partial charge >= 0.3 is 0 Å². The first kappa shape index (κ1) is 13.9. The number of aromatic nitrogens is 2. The molecule has 0 aliphatic heterocycles. The summed E-state index contributed by atoms with van der Waals surface area (Å²) in [6.07, 6.45) is 1.73. The van der Waals surface area contributed by atoms with Gasteiger partial charge in [0.25, 0.3) is 0 Å². The molecule has 1 aromatic carbocycles. The van der Waals surface area contributed by atoms with E-state index in [4.69, 9.17) is 9.47 Å². The molecule has 4 nitrogen and oxygen atoms in total. The van der Waals surface area contributed by atoms with Crippen LogP contribution in [-0.4, -0.2) is 24.2 Å². The summed E-state index contributed by atoms with van der Waals surface area (Å²) in [5.41, 5.74) is 2.23. The lowest BCUT2D eigenvalue weighted by molar-refractivity contribution is 0.398. The lowest BCUT2D eigenvalue weighted by Gasteiger charge is -2.10. The van der Waals surface area contributed by atoms with Gasteiger partial charge in [-0.2, -0.15) is 0 Å². The number of aryl methyl sites for hydroxylation is 3. The van der Waals surface area contributed by atoms with E-state index in [0.29, 0.717) is 0 Å². The largest absolute Gasteiger partial charge is 0.497 e. The number of nitrogens with zero attached hydrogens (tertiary/aromatic N) is 1. The Morgan fingerprint density at radius 1 is 1.21 bits per heavy atom. The topological polar surface area (TPSA) is 47.1 Å². The standard InChI is InChI=1S/C14H17BrN2O2/c1-9-16-12(14(15)17-9)6-4-10-8-11(18-2)5-7-13(10)19-3/h5,7-8H,4,6H2,1-3H3,(H,16,17). The Kier molecular flexibility index (Phi) is 4.47. The van der Waals surface area contributed by atoms with E-state index in [1.807, 2.05) is 25.1 Å². The summed E-state index contributed by atoms with van der Waals surface area (Å²) >= 11 is 3.46. The summed E-state index contributed by atoms with van der Waals surface area (Å²) in [5.74, 6) is 2.64. The highest BCUT2D eigenvalue weighted by molar-refractivity contribution is 9.10. The molecule has 0 radical (unpaired) electrons. The molecule has 1 aromatic heterocycles. The molecule has 0 saturated carbocycles. The van der Waals surface area contributed by atoms with Crippen molar-refractivity contribution in [3.8, 4) is 11.5 Å². The quantitative estimate of drug-likeness (QED) is 0.918.